The van der Waals surface area contributed by atoms with Crippen molar-refractivity contribution >= 4 is 27.7 Å². The van der Waals surface area contributed by atoms with Crippen molar-refractivity contribution in [3.8, 4) is 0 Å². The molecule has 3 N–H and O–H groups in total. The minimum Gasteiger partial charge on any atom is -0.398 e. The molecule has 0 aliphatic carbocycles. The van der Waals surface area contributed by atoms with Gasteiger partial charge in [-0.15, -0.1) is 0 Å². The Labute approximate surface area is 164 Å². The lowest BCUT2D eigenvalue weighted by Crippen LogP contribution is -2.09. The molecule has 0 bridgehead atoms. The molecule has 2 aromatic carbocycles. The summed E-state index contributed by atoms with van der Waals surface area (Å²) in [5.74, 6) is 0.334. The lowest BCUT2D eigenvalue weighted by Gasteiger charge is -2.11. The highest BCUT2D eigenvalue weighted by Crippen LogP contribution is 2.28. The lowest BCUT2D eigenvalue weighted by atomic mass is 10.2. The van der Waals surface area contributed by atoms with Crippen LogP contribution < -0.4 is 11.2 Å². The van der Waals surface area contributed by atoms with Crippen LogP contribution in [0.25, 0.3) is 0 Å². The van der Waals surface area contributed by atoms with E-state index < -0.39 is 9.84 Å². The average molecular weight is 395 g/mol. The summed E-state index contributed by atoms with van der Waals surface area (Å²) in [5.41, 5.74) is 11.9. The number of sulfone groups is 1. The number of hydrazone groups is 1. The minimum absolute atomic E-state index is 0.0192. The predicted octanol–water partition coefficient (Wildman–Crippen LogP) is 3.26. The maximum Gasteiger partial charge on any atom is 0.243 e. The van der Waals surface area contributed by atoms with Gasteiger partial charge in [0.25, 0.3) is 0 Å². The van der Waals surface area contributed by atoms with Crippen molar-refractivity contribution in [2.45, 2.75) is 30.6 Å². The fraction of sp³-hybridized carbons (Fsp3) is 0.150. The monoisotopic (exact) mass is 395 g/mol. The van der Waals surface area contributed by atoms with Crippen LogP contribution in [0.3, 0.4) is 0 Å². The predicted molar refractivity (Wildman–Crippen MR) is 110 cm³/mol. The molecular weight excluding hydrogens is 374 g/mol. The second-order valence-electron chi connectivity index (χ2n) is 6.43. The van der Waals surface area contributed by atoms with Crippen LogP contribution >= 0.6 is 0 Å². The Morgan fingerprint density at radius 2 is 1.64 bits per heavy atom. The van der Waals surface area contributed by atoms with Crippen LogP contribution in [0, 0.1) is 20.8 Å². The van der Waals surface area contributed by atoms with E-state index in [9.17, 15) is 8.42 Å². The molecule has 0 amide bonds. The van der Waals surface area contributed by atoms with Crippen molar-refractivity contribution in [1.29, 1.82) is 0 Å². The second-order valence-corrected chi connectivity index (χ2v) is 8.31. The van der Waals surface area contributed by atoms with Gasteiger partial charge >= 0.3 is 0 Å². The van der Waals surface area contributed by atoms with Crippen LogP contribution in [0.15, 0.2) is 63.4 Å². The molecule has 0 unspecified atom stereocenters. The number of aryl methyl sites for hydroxylation is 3. The van der Waals surface area contributed by atoms with Crippen molar-refractivity contribution in [1.82, 2.24) is 9.97 Å². The quantitative estimate of drug-likeness (QED) is 0.390. The van der Waals surface area contributed by atoms with E-state index in [1.165, 1.54) is 6.21 Å². The summed E-state index contributed by atoms with van der Waals surface area (Å²) in [4.78, 5) is 8.66. The maximum absolute atomic E-state index is 13.1. The highest BCUT2D eigenvalue weighted by Gasteiger charge is 2.23. The number of aromatic nitrogens is 2. The number of nitrogens with one attached hydrogen (secondary N) is 1. The molecule has 1 heterocycles. The summed E-state index contributed by atoms with van der Waals surface area (Å²) in [7, 11) is -3.80. The number of hydrogen-bond donors (Lipinski definition) is 2. The van der Waals surface area contributed by atoms with Crippen molar-refractivity contribution in [3.05, 3.63) is 71.0 Å². The molecule has 8 heteroatoms. The molecule has 0 aliphatic heterocycles. The summed E-state index contributed by atoms with van der Waals surface area (Å²) < 4.78 is 26.2. The molecule has 0 saturated heterocycles. The van der Waals surface area contributed by atoms with E-state index in [0.29, 0.717) is 11.5 Å². The van der Waals surface area contributed by atoms with Crippen molar-refractivity contribution < 1.29 is 8.42 Å². The fourth-order valence-corrected chi connectivity index (χ4v) is 4.30. The van der Waals surface area contributed by atoms with Crippen LogP contribution in [0.1, 0.15) is 22.5 Å². The van der Waals surface area contributed by atoms with E-state index >= 15 is 0 Å². The zero-order valence-corrected chi connectivity index (χ0v) is 16.7. The van der Waals surface area contributed by atoms with E-state index in [4.69, 9.17) is 5.73 Å². The second kappa shape index (κ2) is 7.77. The number of rotatable bonds is 5. The summed E-state index contributed by atoms with van der Waals surface area (Å²) in [6, 6.07) is 13.4. The molecule has 3 aromatic rings. The summed E-state index contributed by atoms with van der Waals surface area (Å²) in [6.07, 6.45) is 1.40. The molecule has 1 aromatic heterocycles. The van der Waals surface area contributed by atoms with Crippen molar-refractivity contribution in [3.63, 3.8) is 0 Å². The van der Waals surface area contributed by atoms with Crippen LogP contribution in [0.2, 0.25) is 0 Å². The third-order valence-electron chi connectivity index (χ3n) is 4.03. The number of nitrogens with zero attached hydrogens (tertiary/aromatic N) is 3. The summed E-state index contributed by atoms with van der Waals surface area (Å²) >= 11 is 0. The number of hydrogen-bond acceptors (Lipinski definition) is 7. The zero-order valence-electron chi connectivity index (χ0n) is 15.8. The normalized spacial score (nSPS) is 11.7. The van der Waals surface area contributed by atoms with Crippen LogP contribution in [0.4, 0.5) is 11.6 Å². The SMILES string of the molecule is Cc1ccc(S(=O)(=O)c2c(N)cccc2C=NNc2nc(C)cc(C)n2)cc1. The first-order valence-electron chi connectivity index (χ1n) is 8.59. The van der Waals surface area contributed by atoms with Crippen LogP contribution in [-0.2, 0) is 9.84 Å². The van der Waals surface area contributed by atoms with Crippen molar-refractivity contribution in [2.24, 2.45) is 5.10 Å². The smallest absolute Gasteiger partial charge is 0.243 e. The molecule has 0 saturated carbocycles. The highest BCUT2D eigenvalue weighted by atomic mass is 32.2. The molecule has 0 fully saturated rings. The Morgan fingerprint density at radius 1 is 1.00 bits per heavy atom. The Kier molecular flexibility index (Phi) is 5.41. The van der Waals surface area contributed by atoms with Gasteiger partial charge in [-0.3, -0.25) is 0 Å². The summed E-state index contributed by atoms with van der Waals surface area (Å²) in [6.45, 7) is 5.60. The van der Waals surface area contributed by atoms with E-state index in [2.05, 4.69) is 20.5 Å². The summed E-state index contributed by atoms with van der Waals surface area (Å²) in [5, 5.41) is 4.10. The van der Waals surface area contributed by atoms with E-state index in [1.807, 2.05) is 26.8 Å². The van der Waals surface area contributed by atoms with Gasteiger partial charge in [0.1, 0.15) is 4.90 Å². The van der Waals surface area contributed by atoms with E-state index in [0.717, 1.165) is 17.0 Å². The molecule has 7 nitrogen and oxygen atoms in total. The topological polar surface area (TPSA) is 110 Å². The van der Waals surface area contributed by atoms with Gasteiger partial charge in [-0.25, -0.2) is 23.8 Å². The molecule has 28 heavy (non-hydrogen) atoms. The molecular formula is C20H21N5O2S. The first kappa shape index (κ1) is 19.5. The zero-order chi connectivity index (χ0) is 20.3. The van der Waals surface area contributed by atoms with Gasteiger partial charge in [-0.2, -0.15) is 5.10 Å². The maximum atomic E-state index is 13.1. The highest BCUT2D eigenvalue weighted by molar-refractivity contribution is 7.91. The largest absolute Gasteiger partial charge is 0.398 e. The first-order valence-corrected chi connectivity index (χ1v) is 10.1. The van der Waals surface area contributed by atoms with Gasteiger partial charge in [-0.1, -0.05) is 29.8 Å². The number of nitrogens with two attached hydrogens (primary N) is 1. The van der Waals surface area contributed by atoms with Gasteiger partial charge < -0.3 is 5.73 Å². The van der Waals surface area contributed by atoms with E-state index in [-0.39, 0.29) is 15.5 Å². The fourth-order valence-electron chi connectivity index (χ4n) is 2.76. The molecule has 0 aliphatic rings. The van der Waals surface area contributed by atoms with Gasteiger partial charge in [0.2, 0.25) is 15.8 Å². The molecule has 144 valence electrons. The van der Waals surface area contributed by atoms with Gasteiger partial charge in [-0.05, 0) is 45.0 Å². The Hall–Kier alpha value is -3.26. The molecule has 0 radical (unpaired) electrons. The number of anilines is 2. The average Bonchev–Trinajstić information content (AvgIpc) is 2.61. The standard InChI is InChI=1S/C20H21N5O2S/c1-13-7-9-17(10-8-13)28(26,27)19-16(5-4-6-18(19)21)12-22-25-20-23-14(2)11-15(3)24-20/h4-12H,21H2,1-3H3,(H,23,24,25). The molecule has 0 spiro atoms. The van der Waals surface area contributed by atoms with E-state index in [1.54, 1.807) is 42.5 Å². The third-order valence-corrected chi connectivity index (χ3v) is 5.93. The van der Waals surface area contributed by atoms with Crippen molar-refractivity contribution in [2.75, 3.05) is 11.2 Å². The Morgan fingerprint density at radius 3 is 2.29 bits per heavy atom. The van der Waals surface area contributed by atoms with Gasteiger partial charge in [0, 0.05) is 17.0 Å². The Balaban J connectivity index is 1.97. The molecule has 3 rings (SSSR count). The van der Waals surface area contributed by atoms with Gasteiger partial charge in [0.15, 0.2) is 0 Å². The Bertz CT molecular complexity index is 1120. The number of benzene rings is 2. The first-order chi connectivity index (χ1) is 13.3. The van der Waals surface area contributed by atoms with Crippen LogP contribution in [-0.4, -0.2) is 24.6 Å². The number of nitrogen functional groups attached to an aromatic ring is 1. The molecule has 0 atom stereocenters. The third kappa shape index (κ3) is 4.17. The lowest BCUT2D eigenvalue weighted by molar-refractivity contribution is 0.596. The van der Waals surface area contributed by atoms with Gasteiger partial charge in [0.05, 0.1) is 16.8 Å². The minimum atomic E-state index is -3.80. The van der Waals surface area contributed by atoms with Crippen LogP contribution in [0.5, 0.6) is 0 Å².